The van der Waals surface area contributed by atoms with Gasteiger partial charge in [0.25, 0.3) is 0 Å². The van der Waals surface area contributed by atoms with Crippen LogP contribution in [0.25, 0.3) is 0 Å². The van der Waals surface area contributed by atoms with Crippen LogP contribution >= 0.6 is 0 Å². The third kappa shape index (κ3) is 2.80. The van der Waals surface area contributed by atoms with E-state index in [1.165, 1.54) is 51.5 Å². The first-order valence-electron chi connectivity index (χ1n) is 9.55. The van der Waals surface area contributed by atoms with Crippen molar-refractivity contribution in [2.24, 2.45) is 23.2 Å². The van der Waals surface area contributed by atoms with Gasteiger partial charge in [-0.25, -0.2) is 0 Å². The van der Waals surface area contributed by atoms with Gasteiger partial charge in [-0.1, -0.05) is 32.1 Å². The van der Waals surface area contributed by atoms with Gasteiger partial charge >= 0.3 is 0 Å². The highest BCUT2D eigenvalue weighted by Gasteiger charge is 2.50. The van der Waals surface area contributed by atoms with Crippen LogP contribution < -0.4 is 5.32 Å². The Kier molecular flexibility index (Phi) is 3.83. The molecule has 0 unspecified atom stereocenters. The van der Waals surface area contributed by atoms with Crippen LogP contribution in [0.2, 0.25) is 0 Å². The zero-order valence-corrected chi connectivity index (χ0v) is 13.2. The van der Waals surface area contributed by atoms with E-state index in [2.05, 4.69) is 5.32 Å². The summed E-state index contributed by atoms with van der Waals surface area (Å²) in [6.07, 6.45) is 19.8. The highest BCUT2D eigenvalue weighted by atomic mass is 14.9. The fourth-order valence-corrected chi connectivity index (χ4v) is 6.53. The minimum atomic E-state index is 0.733. The molecule has 1 nitrogen and oxygen atoms in total. The average Bonchev–Trinajstić information content (AvgIpc) is 2.35. The van der Waals surface area contributed by atoms with Crippen molar-refractivity contribution in [3.63, 3.8) is 0 Å². The maximum atomic E-state index is 4.05. The van der Waals surface area contributed by atoms with Crippen molar-refractivity contribution >= 4 is 0 Å². The second-order valence-corrected chi connectivity index (χ2v) is 8.84. The highest BCUT2D eigenvalue weighted by molar-refractivity contribution is 5.02. The molecule has 20 heavy (non-hydrogen) atoms. The van der Waals surface area contributed by atoms with Crippen LogP contribution in [0, 0.1) is 23.2 Å². The lowest BCUT2D eigenvalue weighted by atomic mass is 9.49. The molecule has 0 spiro atoms. The fourth-order valence-electron chi connectivity index (χ4n) is 6.53. The first-order valence-corrected chi connectivity index (χ1v) is 9.55. The Labute approximate surface area is 125 Å². The van der Waals surface area contributed by atoms with E-state index < -0.39 is 0 Å². The molecule has 0 aromatic heterocycles. The molecule has 1 N–H and O–H groups in total. The summed E-state index contributed by atoms with van der Waals surface area (Å²) in [6, 6.07) is 0.850. The van der Waals surface area contributed by atoms with Gasteiger partial charge in [0.1, 0.15) is 0 Å². The topological polar surface area (TPSA) is 12.0 Å². The normalized spacial score (nSPS) is 45.3. The fraction of sp³-hybridized carbons (Fsp3) is 1.00. The molecular weight excluding hydrogens is 242 g/mol. The number of nitrogens with one attached hydrogen (secondary N) is 1. The molecule has 5 fully saturated rings. The van der Waals surface area contributed by atoms with E-state index in [-0.39, 0.29) is 0 Å². The highest BCUT2D eigenvalue weighted by Crippen LogP contribution is 2.59. The smallest absolute Gasteiger partial charge is 0.00672 e. The minimum absolute atomic E-state index is 0.733. The van der Waals surface area contributed by atoms with Crippen LogP contribution in [-0.4, -0.2) is 12.6 Å². The lowest BCUT2D eigenvalue weighted by Crippen LogP contribution is -2.51. The molecule has 0 aromatic rings. The van der Waals surface area contributed by atoms with Crippen LogP contribution in [0.4, 0.5) is 0 Å². The van der Waals surface area contributed by atoms with E-state index in [1.54, 1.807) is 38.5 Å². The molecule has 5 saturated carbocycles. The van der Waals surface area contributed by atoms with Gasteiger partial charge in [-0.2, -0.15) is 0 Å². The predicted octanol–water partition coefficient (Wildman–Crippen LogP) is 4.91. The number of hydrogen-bond donors (Lipinski definition) is 1. The summed E-state index contributed by atoms with van der Waals surface area (Å²) in [7, 11) is 0. The molecule has 0 heterocycles. The third-order valence-electron chi connectivity index (χ3n) is 7.04. The monoisotopic (exact) mass is 275 g/mol. The zero-order valence-electron chi connectivity index (χ0n) is 13.2. The van der Waals surface area contributed by atoms with Crippen molar-refractivity contribution < 1.29 is 0 Å². The van der Waals surface area contributed by atoms with Crippen LogP contribution in [0.5, 0.6) is 0 Å². The maximum absolute atomic E-state index is 4.05. The summed E-state index contributed by atoms with van der Waals surface area (Å²) < 4.78 is 0. The number of hydrogen-bond acceptors (Lipinski definition) is 1. The Balaban J connectivity index is 1.34. The second-order valence-electron chi connectivity index (χ2n) is 8.84. The van der Waals surface area contributed by atoms with Crippen molar-refractivity contribution in [2.45, 2.75) is 89.5 Å². The van der Waals surface area contributed by atoms with E-state index in [0.29, 0.717) is 0 Å². The van der Waals surface area contributed by atoms with Crippen LogP contribution in [0.3, 0.4) is 0 Å². The molecule has 0 saturated heterocycles. The van der Waals surface area contributed by atoms with E-state index in [4.69, 9.17) is 0 Å². The van der Waals surface area contributed by atoms with E-state index in [9.17, 15) is 0 Å². The van der Waals surface area contributed by atoms with Gasteiger partial charge in [-0.05, 0) is 74.5 Å². The molecule has 4 bridgehead atoms. The van der Waals surface area contributed by atoms with Gasteiger partial charge in [0.15, 0.2) is 0 Å². The Hall–Kier alpha value is -0.0400. The van der Waals surface area contributed by atoms with Crippen molar-refractivity contribution in [2.75, 3.05) is 6.54 Å². The van der Waals surface area contributed by atoms with Crippen LogP contribution in [0.15, 0.2) is 0 Å². The van der Waals surface area contributed by atoms with Gasteiger partial charge in [-0.3, -0.25) is 0 Å². The molecule has 114 valence electrons. The second kappa shape index (κ2) is 5.63. The zero-order chi connectivity index (χ0) is 13.4. The summed E-state index contributed by atoms with van der Waals surface area (Å²) in [5, 5.41) is 4.05. The van der Waals surface area contributed by atoms with E-state index in [1.807, 2.05) is 0 Å². The molecule has 0 aliphatic heterocycles. The van der Waals surface area contributed by atoms with Gasteiger partial charge in [0.2, 0.25) is 0 Å². The Morgan fingerprint density at radius 3 is 1.75 bits per heavy atom. The molecule has 0 amide bonds. The van der Waals surface area contributed by atoms with E-state index in [0.717, 1.165) is 29.2 Å². The Morgan fingerprint density at radius 2 is 1.20 bits per heavy atom. The third-order valence-corrected chi connectivity index (χ3v) is 7.04. The molecular formula is C19H33N. The van der Waals surface area contributed by atoms with Crippen molar-refractivity contribution in [1.29, 1.82) is 0 Å². The van der Waals surface area contributed by atoms with Crippen LogP contribution in [-0.2, 0) is 0 Å². The SMILES string of the molecule is C1CCCC(NCC23CC4CC(CC(C4)C2)C3)CCC1. The summed E-state index contributed by atoms with van der Waals surface area (Å²) in [6.45, 7) is 1.36. The average molecular weight is 275 g/mol. The Bertz CT molecular complexity index is 291. The van der Waals surface area contributed by atoms with Gasteiger partial charge in [-0.15, -0.1) is 0 Å². The summed E-state index contributed by atoms with van der Waals surface area (Å²) >= 11 is 0. The molecule has 0 radical (unpaired) electrons. The summed E-state index contributed by atoms with van der Waals surface area (Å²) in [4.78, 5) is 0. The summed E-state index contributed by atoms with van der Waals surface area (Å²) in [5.41, 5.74) is 0.733. The maximum Gasteiger partial charge on any atom is 0.00672 e. The first-order chi connectivity index (χ1) is 9.81. The molecule has 5 rings (SSSR count). The molecule has 5 aliphatic rings. The lowest BCUT2D eigenvalue weighted by molar-refractivity contribution is -0.0527. The Morgan fingerprint density at radius 1 is 0.700 bits per heavy atom. The predicted molar refractivity (Wildman–Crippen MR) is 84.7 cm³/mol. The van der Waals surface area contributed by atoms with Gasteiger partial charge < -0.3 is 5.32 Å². The molecule has 1 heteroatoms. The summed E-state index contributed by atoms with van der Waals surface area (Å²) in [5.74, 6) is 3.33. The number of rotatable bonds is 3. The van der Waals surface area contributed by atoms with E-state index >= 15 is 0 Å². The standard InChI is InChI=1S/C19H33N/c1-2-4-6-18(7-5-3-1)20-14-19-11-15-8-16(12-19)10-17(9-15)13-19/h15-18,20H,1-14H2. The minimum Gasteiger partial charge on any atom is -0.313 e. The van der Waals surface area contributed by atoms with Crippen LogP contribution in [0.1, 0.15) is 83.5 Å². The largest absolute Gasteiger partial charge is 0.313 e. The first kappa shape index (κ1) is 13.6. The van der Waals surface area contributed by atoms with Gasteiger partial charge in [0, 0.05) is 12.6 Å². The van der Waals surface area contributed by atoms with Crippen molar-refractivity contribution in [1.82, 2.24) is 5.32 Å². The molecule has 5 aliphatic carbocycles. The van der Waals surface area contributed by atoms with Crippen molar-refractivity contribution in [3.8, 4) is 0 Å². The molecule has 0 aromatic carbocycles. The van der Waals surface area contributed by atoms with Gasteiger partial charge in [0.05, 0.1) is 0 Å². The van der Waals surface area contributed by atoms with Crippen molar-refractivity contribution in [3.05, 3.63) is 0 Å². The molecule has 0 atom stereocenters. The lowest BCUT2D eigenvalue weighted by Gasteiger charge is -2.57. The quantitative estimate of drug-likeness (QED) is 0.772.